The first-order chi connectivity index (χ1) is 13.4. The molecule has 0 aliphatic carbocycles. The smallest absolute Gasteiger partial charge is 0.247 e. The van der Waals surface area contributed by atoms with Crippen molar-refractivity contribution < 1.29 is 17.9 Å². The zero-order valence-electron chi connectivity index (χ0n) is 16.3. The van der Waals surface area contributed by atoms with Gasteiger partial charge >= 0.3 is 0 Å². The predicted molar refractivity (Wildman–Crippen MR) is 111 cm³/mol. The van der Waals surface area contributed by atoms with Crippen molar-refractivity contribution in [1.29, 1.82) is 0 Å². The molecule has 1 fully saturated rings. The standard InChI is InChI=1S/C20H25ClN2O4S/c1-4-15-7-5-6-8-17(15)22-9-11-23(12-10-22)28(24,25)20-14-18(26-2)16(21)13-19(20)27-3/h5-8,13-14H,4,9-12H2,1-3H3. The number of anilines is 1. The van der Waals surface area contributed by atoms with E-state index in [1.807, 2.05) is 12.1 Å². The Balaban J connectivity index is 1.84. The lowest BCUT2D eigenvalue weighted by Gasteiger charge is -2.36. The topological polar surface area (TPSA) is 59.1 Å². The molecule has 1 aliphatic heterocycles. The first-order valence-electron chi connectivity index (χ1n) is 9.16. The number of nitrogens with zero attached hydrogens (tertiary/aromatic N) is 2. The van der Waals surface area contributed by atoms with Crippen molar-refractivity contribution in [3.8, 4) is 11.5 Å². The van der Waals surface area contributed by atoms with Gasteiger partial charge in [-0.25, -0.2) is 8.42 Å². The third-order valence-electron chi connectivity index (χ3n) is 5.01. The number of rotatable bonds is 6. The van der Waals surface area contributed by atoms with E-state index in [4.69, 9.17) is 21.1 Å². The van der Waals surface area contributed by atoms with E-state index >= 15 is 0 Å². The number of hydrogen-bond donors (Lipinski definition) is 0. The van der Waals surface area contributed by atoms with E-state index < -0.39 is 10.0 Å². The fourth-order valence-electron chi connectivity index (χ4n) is 3.46. The van der Waals surface area contributed by atoms with Gasteiger partial charge in [0.15, 0.2) is 0 Å². The van der Waals surface area contributed by atoms with Crippen molar-refractivity contribution in [2.45, 2.75) is 18.2 Å². The Morgan fingerprint density at radius 3 is 2.25 bits per heavy atom. The van der Waals surface area contributed by atoms with Crippen molar-refractivity contribution in [3.63, 3.8) is 0 Å². The number of halogens is 1. The van der Waals surface area contributed by atoms with Crippen LogP contribution in [0, 0.1) is 0 Å². The molecule has 6 nitrogen and oxygen atoms in total. The molecule has 1 aliphatic rings. The summed E-state index contributed by atoms with van der Waals surface area (Å²) in [6, 6.07) is 11.2. The van der Waals surface area contributed by atoms with E-state index in [0.29, 0.717) is 37.0 Å². The van der Waals surface area contributed by atoms with E-state index in [1.165, 1.54) is 41.9 Å². The summed E-state index contributed by atoms with van der Waals surface area (Å²) in [6.45, 7) is 4.18. The number of para-hydroxylation sites is 1. The lowest BCUT2D eigenvalue weighted by Crippen LogP contribution is -2.49. The fraction of sp³-hybridized carbons (Fsp3) is 0.400. The van der Waals surface area contributed by atoms with Gasteiger partial charge in [-0.2, -0.15) is 4.31 Å². The Bertz CT molecular complexity index is 941. The number of ether oxygens (including phenoxy) is 2. The normalized spacial score (nSPS) is 15.5. The van der Waals surface area contributed by atoms with Crippen molar-refractivity contribution in [2.75, 3.05) is 45.3 Å². The first-order valence-corrected chi connectivity index (χ1v) is 11.0. The minimum atomic E-state index is -3.73. The number of hydrogen-bond acceptors (Lipinski definition) is 5. The molecule has 152 valence electrons. The van der Waals surface area contributed by atoms with Gasteiger partial charge in [0, 0.05) is 44.0 Å². The van der Waals surface area contributed by atoms with Crippen LogP contribution in [0.1, 0.15) is 12.5 Å². The summed E-state index contributed by atoms with van der Waals surface area (Å²) in [5.41, 5.74) is 2.44. The Kier molecular flexibility index (Phi) is 6.37. The van der Waals surface area contributed by atoms with Gasteiger partial charge in [-0.15, -0.1) is 0 Å². The Labute approximate surface area is 171 Å². The van der Waals surface area contributed by atoms with Gasteiger partial charge in [0.05, 0.1) is 19.2 Å². The summed E-state index contributed by atoms with van der Waals surface area (Å²) in [4.78, 5) is 2.31. The van der Waals surface area contributed by atoms with Crippen LogP contribution in [-0.2, 0) is 16.4 Å². The average molecular weight is 425 g/mol. The van der Waals surface area contributed by atoms with Crippen LogP contribution in [0.15, 0.2) is 41.3 Å². The number of piperazine rings is 1. The van der Waals surface area contributed by atoms with Gasteiger partial charge in [-0.1, -0.05) is 36.7 Å². The summed E-state index contributed by atoms with van der Waals surface area (Å²) in [5, 5.41) is 0.305. The second-order valence-corrected chi connectivity index (χ2v) is 8.82. The van der Waals surface area contributed by atoms with Gasteiger partial charge in [0.1, 0.15) is 16.4 Å². The molecule has 0 aromatic heterocycles. The molecule has 28 heavy (non-hydrogen) atoms. The van der Waals surface area contributed by atoms with E-state index in [2.05, 4.69) is 24.0 Å². The Morgan fingerprint density at radius 1 is 1.00 bits per heavy atom. The van der Waals surface area contributed by atoms with Crippen LogP contribution in [0.25, 0.3) is 0 Å². The van der Waals surface area contributed by atoms with E-state index in [1.54, 1.807) is 0 Å². The molecule has 0 unspecified atom stereocenters. The van der Waals surface area contributed by atoms with Crippen LogP contribution in [-0.4, -0.2) is 53.1 Å². The van der Waals surface area contributed by atoms with Crippen molar-refractivity contribution in [1.82, 2.24) is 4.31 Å². The van der Waals surface area contributed by atoms with Crippen LogP contribution < -0.4 is 14.4 Å². The molecule has 0 N–H and O–H groups in total. The average Bonchev–Trinajstić information content (AvgIpc) is 2.73. The highest BCUT2D eigenvalue weighted by atomic mass is 35.5. The zero-order valence-corrected chi connectivity index (χ0v) is 17.9. The summed E-state index contributed by atoms with van der Waals surface area (Å²) in [5.74, 6) is 0.515. The summed E-state index contributed by atoms with van der Waals surface area (Å²) < 4.78 is 38.4. The maximum Gasteiger partial charge on any atom is 0.247 e. The Morgan fingerprint density at radius 2 is 1.64 bits per heavy atom. The highest BCUT2D eigenvalue weighted by Gasteiger charge is 2.32. The van der Waals surface area contributed by atoms with Crippen LogP contribution in [0.5, 0.6) is 11.5 Å². The number of benzene rings is 2. The third-order valence-corrected chi connectivity index (χ3v) is 7.22. The second kappa shape index (κ2) is 8.59. The zero-order chi connectivity index (χ0) is 20.3. The highest BCUT2D eigenvalue weighted by Crippen LogP contribution is 2.36. The molecule has 0 saturated carbocycles. The monoisotopic (exact) mass is 424 g/mol. The quantitative estimate of drug-likeness (QED) is 0.711. The van der Waals surface area contributed by atoms with E-state index in [0.717, 1.165) is 6.42 Å². The van der Waals surface area contributed by atoms with Crippen molar-refractivity contribution in [3.05, 3.63) is 47.0 Å². The van der Waals surface area contributed by atoms with E-state index in [-0.39, 0.29) is 10.6 Å². The third kappa shape index (κ3) is 3.92. The molecule has 3 rings (SSSR count). The lowest BCUT2D eigenvalue weighted by molar-refractivity contribution is 0.370. The molecule has 0 bridgehead atoms. The molecule has 2 aromatic carbocycles. The van der Waals surface area contributed by atoms with Crippen LogP contribution in [0.4, 0.5) is 5.69 Å². The second-order valence-electron chi connectivity index (χ2n) is 6.51. The molecular formula is C20H25ClN2O4S. The van der Waals surface area contributed by atoms with Gasteiger partial charge in [0.2, 0.25) is 10.0 Å². The summed E-state index contributed by atoms with van der Waals surface area (Å²) in [7, 11) is -0.853. The van der Waals surface area contributed by atoms with Crippen LogP contribution >= 0.6 is 11.6 Å². The van der Waals surface area contributed by atoms with Gasteiger partial charge in [-0.3, -0.25) is 0 Å². The molecule has 0 amide bonds. The minimum Gasteiger partial charge on any atom is -0.495 e. The number of sulfonamides is 1. The van der Waals surface area contributed by atoms with Crippen molar-refractivity contribution in [2.24, 2.45) is 0 Å². The summed E-state index contributed by atoms with van der Waals surface area (Å²) in [6.07, 6.45) is 0.941. The Hall–Kier alpha value is -1.96. The molecule has 1 heterocycles. The maximum atomic E-state index is 13.2. The van der Waals surface area contributed by atoms with E-state index in [9.17, 15) is 8.42 Å². The largest absolute Gasteiger partial charge is 0.495 e. The molecule has 0 atom stereocenters. The molecule has 1 saturated heterocycles. The summed E-state index contributed by atoms with van der Waals surface area (Å²) >= 11 is 6.11. The van der Waals surface area contributed by atoms with Crippen molar-refractivity contribution >= 4 is 27.3 Å². The maximum absolute atomic E-state index is 13.2. The first kappa shape index (κ1) is 20.8. The fourth-order valence-corrected chi connectivity index (χ4v) is 5.27. The SMILES string of the molecule is CCc1ccccc1N1CCN(S(=O)(=O)c2cc(OC)c(Cl)cc2OC)CC1. The lowest BCUT2D eigenvalue weighted by atomic mass is 10.1. The van der Waals surface area contributed by atoms with Crippen LogP contribution in [0.3, 0.4) is 0 Å². The molecule has 2 aromatic rings. The molecule has 0 spiro atoms. The molecular weight excluding hydrogens is 400 g/mol. The number of methoxy groups -OCH3 is 2. The molecule has 0 radical (unpaired) electrons. The number of aryl methyl sites for hydroxylation is 1. The minimum absolute atomic E-state index is 0.0682. The van der Waals surface area contributed by atoms with Crippen LogP contribution in [0.2, 0.25) is 5.02 Å². The highest BCUT2D eigenvalue weighted by molar-refractivity contribution is 7.89. The van der Waals surface area contributed by atoms with Gasteiger partial charge in [-0.05, 0) is 18.1 Å². The predicted octanol–water partition coefficient (Wildman–Crippen LogP) is 3.43. The molecule has 8 heteroatoms. The van der Waals surface area contributed by atoms with Gasteiger partial charge in [0.25, 0.3) is 0 Å². The van der Waals surface area contributed by atoms with Gasteiger partial charge < -0.3 is 14.4 Å².